The molecule has 2 aromatic rings. The number of rotatable bonds is 0. The minimum Gasteiger partial charge on any atom is -0.486 e. The summed E-state index contributed by atoms with van der Waals surface area (Å²) in [7, 11) is 0. The van der Waals surface area contributed by atoms with Crippen molar-refractivity contribution >= 4 is 22.5 Å². The van der Waals surface area contributed by atoms with Crippen molar-refractivity contribution in [1.29, 1.82) is 0 Å². The highest BCUT2D eigenvalue weighted by Crippen LogP contribution is 2.39. The zero-order valence-corrected chi connectivity index (χ0v) is 10.6. The Morgan fingerprint density at radius 1 is 1.06 bits per heavy atom. The lowest BCUT2D eigenvalue weighted by molar-refractivity contribution is 0.172. The van der Waals surface area contributed by atoms with Crippen molar-refractivity contribution in [2.24, 2.45) is 0 Å². The van der Waals surface area contributed by atoms with Gasteiger partial charge in [0, 0.05) is 17.1 Å². The van der Waals surface area contributed by atoms with E-state index in [1.54, 1.807) is 0 Å². The Labute approximate surface area is 110 Å². The summed E-state index contributed by atoms with van der Waals surface area (Å²) < 4.78 is 11.2. The summed E-state index contributed by atoms with van der Waals surface area (Å²) in [5, 5.41) is 1.81. The number of ether oxygens (including phenoxy) is 2. The van der Waals surface area contributed by atoms with Gasteiger partial charge in [0.15, 0.2) is 11.5 Å². The first-order chi connectivity index (χ1) is 8.83. The van der Waals surface area contributed by atoms with Gasteiger partial charge in [0.1, 0.15) is 13.2 Å². The summed E-state index contributed by atoms with van der Waals surface area (Å²) in [6, 6.07) is 3.89. The third-order valence-corrected chi connectivity index (χ3v) is 4.04. The predicted octanol–water partition coefficient (Wildman–Crippen LogP) is 3.15. The summed E-state index contributed by atoms with van der Waals surface area (Å²) >= 11 is 6.49. The van der Waals surface area contributed by atoms with Crippen LogP contribution in [0, 0.1) is 0 Å². The summed E-state index contributed by atoms with van der Waals surface area (Å²) in [6.07, 6.45) is 3.20. The van der Waals surface area contributed by atoms with Crippen LogP contribution in [0.4, 0.5) is 0 Å². The van der Waals surface area contributed by atoms with Gasteiger partial charge in [-0.15, -0.1) is 0 Å². The molecule has 1 aliphatic carbocycles. The summed E-state index contributed by atoms with van der Waals surface area (Å²) in [5.74, 6) is 1.55. The van der Waals surface area contributed by atoms with E-state index < -0.39 is 0 Å². The van der Waals surface area contributed by atoms with Crippen LogP contribution in [-0.2, 0) is 12.8 Å². The Morgan fingerprint density at radius 3 is 2.67 bits per heavy atom. The number of hydrogen-bond donors (Lipinski definition) is 0. The number of nitrogens with zero attached hydrogens (tertiary/aromatic N) is 1. The minimum absolute atomic E-state index is 0.592. The van der Waals surface area contributed by atoms with Crippen LogP contribution in [0.3, 0.4) is 0 Å². The molecule has 3 nitrogen and oxygen atoms in total. The molecule has 0 fully saturated rings. The number of fused-ring (bicyclic) bond motifs is 3. The lowest BCUT2D eigenvalue weighted by atomic mass is 10.1. The number of pyridine rings is 1. The van der Waals surface area contributed by atoms with Gasteiger partial charge in [-0.25, -0.2) is 0 Å². The molecule has 1 aromatic heterocycles. The maximum Gasteiger partial charge on any atom is 0.163 e. The maximum absolute atomic E-state index is 6.49. The van der Waals surface area contributed by atoms with Crippen LogP contribution in [0.1, 0.15) is 17.7 Å². The summed E-state index contributed by atoms with van der Waals surface area (Å²) in [4.78, 5) is 4.70. The Morgan fingerprint density at radius 2 is 1.83 bits per heavy atom. The van der Waals surface area contributed by atoms with Gasteiger partial charge in [-0.1, -0.05) is 11.6 Å². The van der Waals surface area contributed by atoms with Crippen LogP contribution in [0.2, 0.25) is 5.02 Å². The minimum atomic E-state index is 0.592. The van der Waals surface area contributed by atoms with Gasteiger partial charge in [0.05, 0.1) is 10.5 Å². The average Bonchev–Trinajstić information content (AvgIpc) is 2.86. The van der Waals surface area contributed by atoms with E-state index in [0.29, 0.717) is 13.2 Å². The molecule has 2 aliphatic rings. The molecular formula is C14H12ClNO2. The van der Waals surface area contributed by atoms with E-state index >= 15 is 0 Å². The van der Waals surface area contributed by atoms with E-state index in [1.165, 1.54) is 5.56 Å². The van der Waals surface area contributed by atoms with Crippen LogP contribution in [0.25, 0.3) is 10.9 Å². The van der Waals surface area contributed by atoms with Crippen molar-refractivity contribution in [1.82, 2.24) is 4.98 Å². The fourth-order valence-electron chi connectivity index (χ4n) is 2.74. The first kappa shape index (κ1) is 10.4. The summed E-state index contributed by atoms with van der Waals surface area (Å²) in [5.41, 5.74) is 3.26. The Balaban J connectivity index is 2.03. The highest BCUT2D eigenvalue weighted by molar-refractivity contribution is 6.36. The van der Waals surface area contributed by atoms with Crippen LogP contribution < -0.4 is 9.47 Å². The van der Waals surface area contributed by atoms with Gasteiger partial charge in [0.2, 0.25) is 0 Å². The second-order valence-electron chi connectivity index (χ2n) is 4.72. The van der Waals surface area contributed by atoms with Gasteiger partial charge in [-0.3, -0.25) is 4.98 Å². The summed E-state index contributed by atoms with van der Waals surface area (Å²) in [6.45, 7) is 1.19. The van der Waals surface area contributed by atoms with E-state index in [2.05, 4.69) is 0 Å². The van der Waals surface area contributed by atoms with Gasteiger partial charge < -0.3 is 9.47 Å². The lowest BCUT2D eigenvalue weighted by Crippen LogP contribution is -2.15. The van der Waals surface area contributed by atoms with Crippen molar-refractivity contribution in [3.63, 3.8) is 0 Å². The third kappa shape index (κ3) is 1.40. The Bertz CT molecular complexity index is 654. The van der Waals surface area contributed by atoms with Crippen molar-refractivity contribution in [3.05, 3.63) is 28.4 Å². The standard InChI is InChI=1S/C14H12ClNO2/c15-14-8-2-1-3-10(8)16-11-7-13-12(6-9(11)14)17-4-5-18-13/h6-7H,1-5H2. The van der Waals surface area contributed by atoms with Gasteiger partial charge >= 0.3 is 0 Å². The van der Waals surface area contributed by atoms with Crippen molar-refractivity contribution in [2.45, 2.75) is 19.3 Å². The Hall–Kier alpha value is -1.48. The molecule has 0 radical (unpaired) electrons. The SMILES string of the molecule is Clc1c2c(nc3cc4c(cc13)OCCO4)CCC2. The van der Waals surface area contributed by atoms with E-state index in [0.717, 1.165) is 52.4 Å². The molecule has 0 amide bonds. The molecule has 1 aromatic carbocycles. The molecule has 1 aliphatic heterocycles. The van der Waals surface area contributed by atoms with Crippen molar-refractivity contribution in [3.8, 4) is 11.5 Å². The van der Waals surface area contributed by atoms with Gasteiger partial charge in [0.25, 0.3) is 0 Å². The topological polar surface area (TPSA) is 31.4 Å². The molecular weight excluding hydrogens is 250 g/mol. The van der Waals surface area contributed by atoms with Crippen LogP contribution in [-0.4, -0.2) is 18.2 Å². The highest BCUT2D eigenvalue weighted by atomic mass is 35.5. The number of halogens is 1. The third-order valence-electron chi connectivity index (χ3n) is 3.61. The van der Waals surface area contributed by atoms with Crippen molar-refractivity contribution in [2.75, 3.05) is 13.2 Å². The second-order valence-corrected chi connectivity index (χ2v) is 5.10. The molecule has 0 unspecified atom stereocenters. The predicted molar refractivity (Wildman–Crippen MR) is 69.8 cm³/mol. The number of hydrogen-bond acceptors (Lipinski definition) is 3. The second kappa shape index (κ2) is 3.75. The normalized spacial score (nSPS) is 16.9. The molecule has 4 rings (SSSR count). The monoisotopic (exact) mass is 261 g/mol. The number of benzene rings is 1. The molecule has 0 atom stereocenters. The van der Waals surface area contributed by atoms with Crippen LogP contribution >= 0.6 is 11.6 Å². The van der Waals surface area contributed by atoms with Crippen LogP contribution in [0.5, 0.6) is 11.5 Å². The quantitative estimate of drug-likeness (QED) is 0.730. The first-order valence-corrected chi connectivity index (χ1v) is 6.61. The molecule has 92 valence electrons. The Kier molecular flexibility index (Phi) is 2.18. The van der Waals surface area contributed by atoms with E-state index in [4.69, 9.17) is 26.1 Å². The zero-order valence-electron chi connectivity index (χ0n) is 9.83. The zero-order chi connectivity index (χ0) is 12.1. The molecule has 0 N–H and O–H groups in total. The van der Waals surface area contributed by atoms with Crippen LogP contribution in [0.15, 0.2) is 12.1 Å². The molecule has 0 bridgehead atoms. The molecule has 18 heavy (non-hydrogen) atoms. The van der Waals surface area contributed by atoms with Gasteiger partial charge in [-0.05, 0) is 30.9 Å². The number of aromatic nitrogens is 1. The maximum atomic E-state index is 6.49. The van der Waals surface area contributed by atoms with E-state index in [9.17, 15) is 0 Å². The largest absolute Gasteiger partial charge is 0.486 e. The molecule has 2 heterocycles. The van der Waals surface area contributed by atoms with Gasteiger partial charge in [-0.2, -0.15) is 0 Å². The number of aryl methyl sites for hydroxylation is 1. The fourth-order valence-corrected chi connectivity index (χ4v) is 3.10. The smallest absolute Gasteiger partial charge is 0.163 e. The lowest BCUT2D eigenvalue weighted by Gasteiger charge is -2.19. The molecule has 0 saturated carbocycles. The van der Waals surface area contributed by atoms with E-state index in [-0.39, 0.29) is 0 Å². The molecule has 0 spiro atoms. The first-order valence-electron chi connectivity index (χ1n) is 6.23. The van der Waals surface area contributed by atoms with E-state index in [1.807, 2.05) is 12.1 Å². The molecule has 0 saturated heterocycles. The van der Waals surface area contributed by atoms with Crippen molar-refractivity contribution < 1.29 is 9.47 Å². The molecule has 4 heteroatoms. The fraction of sp³-hybridized carbons (Fsp3) is 0.357. The highest BCUT2D eigenvalue weighted by Gasteiger charge is 2.21. The average molecular weight is 262 g/mol.